The van der Waals surface area contributed by atoms with E-state index in [9.17, 15) is 9.59 Å². The van der Waals surface area contributed by atoms with Gasteiger partial charge in [0.2, 0.25) is 6.10 Å². The molecule has 0 saturated heterocycles. The van der Waals surface area contributed by atoms with Crippen LogP contribution in [0.1, 0.15) is 25.5 Å². The molecule has 0 radical (unpaired) electrons. The van der Waals surface area contributed by atoms with Crippen LogP contribution in [0.5, 0.6) is 0 Å². The van der Waals surface area contributed by atoms with E-state index < -0.39 is 18.0 Å². The van der Waals surface area contributed by atoms with Crippen molar-refractivity contribution in [3.8, 4) is 0 Å². The summed E-state index contributed by atoms with van der Waals surface area (Å²) >= 11 is 0. The van der Waals surface area contributed by atoms with Gasteiger partial charge >= 0.3 is 5.97 Å². The van der Waals surface area contributed by atoms with Crippen LogP contribution in [-0.2, 0) is 14.3 Å². The first-order chi connectivity index (χ1) is 7.52. The molecule has 0 saturated carbocycles. The minimum absolute atomic E-state index is 0.287. The summed E-state index contributed by atoms with van der Waals surface area (Å²) in [4.78, 5) is 22.6. The number of hydrogen-bond acceptors (Lipinski definition) is 3. The number of benzene rings is 1. The Morgan fingerprint density at radius 3 is 2.19 bits per heavy atom. The maximum Gasteiger partial charge on any atom is 0.309 e. The predicted octanol–water partition coefficient (Wildman–Crippen LogP) is 1.41. The fourth-order valence-electron chi connectivity index (χ4n) is 1.17. The average Bonchev–Trinajstić information content (AvgIpc) is 2.26. The zero-order valence-electron chi connectivity index (χ0n) is 9.34. The molecule has 2 N–H and O–H groups in total. The van der Waals surface area contributed by atoms with Crippen molar-refractivity contribution in [3.63, 3.8) is 0 Å². The summed E-state index contributed by atoms with van der Waals surface area (Å²) in [5, 5.41) is 0. The Morgan fingerprint density at radius 1 is 1.19 bits per heavy atom. The van der Waals surface area contributed by atoms with Crippen LogP contribution < -0.4 is 5.73 Å². The number of carbonyl (C=O) groups excluding carboxylic acids is 2. The fraction of sp³-hybridized carbons (Fsp3) is 0.333. The third kappa shape index (κ3) is 3.08. The number of ether oxygens (including phenoxy) is 1. The van der Waals surface area contributed by atoms with Gasteiger partial charge in [-0.2, -0.15) is 0 Å². The lowest BCUT2D eigenvalue weighted by molar-refractivity contribution is -0.158. The van der Waals surface area contributed by atoms with Crippen molar-refractivity contribution in [1.82, 2.24) is 0 Å². The predicted molar refractivity (Wildman–Crippen MR) is 59.3 cm³/mol. The van der Waals surface area contributed by atoms with E-state index in [0.29, 0.717) is 5.56 Å². The average molecular weight is 221 g/mol. The largest absolute Gasteiger partial charge is 0.447 e. The molecule has 1 unspecified atom stereocenters. The molecule has 16 heavy (non-hydrogen) atoms. The standard InChI is InChI=1S/C12H15NO3/c1-8(2)12(15)16-10(11(13)14)9-6-4-3-5-7-9/h3-8,10H,1-2H3,(H2,13,14). The molecule has 1 atom stereocenters. The zero-order chi connectivity index (χ0) is 12.1. The highest BCUT2D eigenvalue weighted by Gasteiger charge is 2.23. The zero-order valence-corrected chi connectivity index (χ0v) is 9.34. The maximum atomic E-state index is 11.4. The minimum atomic E-state index is -1.00. The summed E-state index contributed by atoms with van der Waals surface area (Å²) in [6, 6.07) is 8.72. The van der Waals surface area contributed by atoms with Crippen molar-refractivity contribution in [2.45, 2.75) is 20.0 Å². The molecule has 0 aliphatic carbocycles. The van der Waals surface area contributed by atoms with Crippen LogP contribution >= 0.6 is 0 Å². The molecule has 1 amide bonds. The third-order valence-electron chi connectivity index (χ3n) is 2.07. The second kappa shape index (κ2) is 5.30. The van der Waals surface area contributed by atoms with Gasteiger partial charge in [-0.1, -0.05) is 44.2 Å². The van der Waals surface area contributed by atoms with E-state index in [1.807, 2.05) is 6.07 Å². The van der Waals surface area contributed by atoms with E-state index in [1.54, 1.807) is 38.1 Å². The molecule has 4 nitrogen and oxygen atoms in total. The lowest BCUT2D eigenvalue weighted by atomic mass is 10.1. The van der Waals surface area contributed by atoms with E-state index in [-0.39, 0.29) is 5.92 Å². The van der Waals surface area contributed by atoms with Gasteiger partial charge in [0.15, 0.2) is 0 Å². The van der Waals surface area contributed by atoms with Crippen molar-refractivity contribution in [3.05, 3.63) is 35.9 Å². The summed E-state index contributed by atoms with van der Waals surface area (Å²) in [5.41, 5.74) is 5.79. The van der Waals surface area contributed by atoms with Gasteiger partial charge in [-0.15, -0.1) is 0 Å². The first-order valence-electron chi connectivity index (χ1n) is 5.07. The fourth-order valence-corrected chi connectivity index (χ4v) is 1.17. The summed E-state index contributed by atoms with van der Waals surface area (Å²) in [7, 11) is 0. The molecule has 0 spiro atoms. The van der Waals surface area contributed by atoms with Crippen LogP contribution in [0.4, 0.5) is 0 Å². The molecule has 0 heterocycles. The Balaban J connectivity index is 2.85. The maximum absolute atomic E-state index is 11.4. The van der Waals surface area contributed by atoms with Gasteiger partial charge in [0.1, 0.15) is 0 Å². The number of carbonyl (C=O) groups is 2. The molecule has 86 valence electrons. The summed E-state index contributed by atoms with van der Waals surface area (Å²) < 4.78 is 5.05. The molecule has 1 aromatic carbocycles. The molecule has 1 aromatic rings. The van der Waals surface area contributed by atoms with Crippen molar-refractivity contribution in [2.75, 3.05) is 0 Å². The lowest BCUT2D eigenvalue weighted by Gasteiger charge is -2.16. The molecule has 0 aliphatic heterocycles. The second-order valence-electron chi connectivity index (χ2n) is 3.78. The van der Waals surface area contributed by atoms with Crippen LogP contribution in [0.3, 0.4) is 0 Å². The van der Waals surface area contributed by atoms with Crippen LogP contribution in [0.2, 0.25) is 0 Å². The summed E-state index contributed by atoms with van der Waals surface area (Å²) in [6.45, 7) is 3.40. The number of nitrogens with two attached hydrogens (primary N) is 1. The first-order valence-corrected chi connectivity index (χ1v) is 5.07. The molecule has 0 bridgehead atoms. The highest BCUT2D eigenvalue weighted by Crippen LogP contribution is 2.18. The number of hydrogen-bond donors (Lipinski definition) is 1. The highest BCUT2D eigenvalue weighted by molar-refractivity contribution is 5.84. The molecular formula is C12H15NO3. The van der Waals surface area contributed by atoms with E-state index in [4.69, 9.17) is 10.5 Å². The third-order valence-corrected chi connectivity index (χ3v) is 2.07. The van der Waals surface area contributed by atoms with Crippen LogP contribution in [0.15, 0.2) is 30.3 Å². The van der Waals surface area contributed by atoms with Crippen molar-refractivity contribution in [2.24, 2.45) is 11.7 Å². The topological polar surface area (TPSA) is 69.4 Å². The summed E-state index contributed by atoms with van der Waals surface area (Å²) in [5.74, 6) is -1.39. The van der Waals surface area contributed by atoms with Gasteiger partial charge in [0, 0.05) is 5.56 Å². The molecule has 4 heteroatoms. The minimum Gasteiger partial charge on any atom is -0.447 e. The number of rotatable bonds is 4. The Kier molecular flexibility index (Phi) is 4.05. The van der Waals surface area contributed by atoms with Crippen molar-refractivity contribution >= 4 is 11.9 Å². The second-order valence-corrected chi connectivity index (χ2v) is 3.78. The van der Waals surface area contributed by atoms with E-state index in [1.165, 1.54) is 0 Å². The van der Waals surface area contributed by atoms with Crippen LogP contribution in [0.25, 0.3) is 0 Å². The molecular weight excluding hydrogens is 206 g/mol. The number of esters is 1. The first kappa shape index (κ1) is 12.2. The van der Waals surface area contributed by atoms with Gasteiger partial charge in [-0.05, 0) is 0 Å². The lowest BCUT2D eigenvalue weighted by Crippen LogP contribution is -2.27. The smallest absolute Gasteiger partial charge is 0.309 e. The molecule has 0 aliphatic rings. The van der Waals surface area contributed by atoms with Crippen LogP contribution in [-0.4, -0.2) is 11.9 Å². The van der Waals surface area contributed by atoms with Gasteiger partial charge in [0.25, 0.3) is 5.91 Å². The van der Waals surface area contributed by atoms with Gasteiger partial charge < -0.3 is 10.5 Å². The molecule has 0 fully saturated rings. The SMILES string of the molecule is CC(C)C(=O)OC(C(N)=O)c1ccccc1. The quantitative estimate of drug-likeness (QED) is 0.781. The Morgan fingerprint density at radius 2 is 1.75 bits per heavy atom. The monoisotopic (exact) mass is 221 g/mol. The van der Waals surface area contributed by atoms with Crippen molar-refractivity contribution in [1.29, 1.82) is 0 Å². The Bertz CT molecular complexity index is 373. The normalized spacial score (nSPS) is 12.2. The van der Waals surface area contributed by atoms with E-state index >= 15 is 0 Å². The highest BCUT2D eigenvalue weighted by atomic mass is 16.5. The Hall–Kier alpha value is -1.84. The van der Waals surface area contributed by atoms with Crippen molar-refractivity contribution < 1.29 is 14.3 Å². The van der Waals surface area contributed by atoms with E-state index in [2.05, 4.69) is 0 Å². The molecule has 0 aromatic heterocycles. The van der Waals surface area contributed by atoms with Crippen LogP contribution in [0, 0.1) is 5.92 Å². The van der Waals surface area contributed by atoms with E-state index in [0.717, 1.165) is 0 Å². The van der Waals surface area contributed by atoms with Gasteiger partial charge in [0.05, 0.1) is 5.92 Å². The number of amides is 1. The Labute approximate surface area is 94.4 Å². The number of primary amides is 1. The molecule has 1 rings (SSSR count). The van der Waals surface area contributed by atoms with Gasteiger partial charge in [-0.25, -0.2) is 0 Å². The van der Waals surface area contributed by atoms with Gasteiger partial charge in [-0.3, -0.25) is 9.59 Å². The summed E-state index contributed by atoms with van der Waals surface area (Å²) in [6.07, 6.45) is -1.00.